The van der Waals surface area contributed by atoms with Crippen LogP contribution in [0.4, 0.5) is 5.82 Å². The number of anilines is 1. The van der Waals surface area contributed by atoms with E-state index in [0.717, 1.165) is 0 Å². The molecule has 1 aliphatic rings. The van der Waals surface area contributed by atoms with Crippen LogP contribution in [0, 0.1) is 0 Å². The van der Waals surface area contributed by atoms with Crippen molar-refractivity contribution in [3.8, 4) is 0 Å². The lowest BCUT2D eigenvalue weighted by molar-refractivity contribution is 0.0938. The van der Waals surface area contributed by atoms with Gasteiger partial charge in [0.1, 0.15) is 11.5 Å². The van der Waals surface area contributed by atoms with E-state index >= 15 is 0 Å². The second kappa shape index (κ2) is 4.91. The van der Waals surface area contributed by atoms with Gasteiger partial charge in [-0.25, -0.2) is 9.97 Å². The van der Waals surface area contributed by atoms with Crippen molar-refractivity contribution < 1.29 is 4.79 Å². The summed E-state index contributed by atoms with van der Waals surface area (Å²) in [5.74, 6) is 0.138. The van der Waals surface area contributed by atoms with Gasteiger partial charge in [-0.15, -0.1) is 0 Å². The number of aromatic nitrogens is 2. The van der Waals surface area contributed by atoms with Gasteiger partial charge in [0.25, 0.3) is 5.91 Å². The van der Waals surface area contributed by atoms with Crippen LogP contribution >= 0.6 is 11.8 Å². The standard InChI is InChI=1S/C11H16N4OS/c1-17-11(3-2-4-11)7-15-10(16)8-5-14-9(12)6-13-8/h5-6H,2-4,7H2,1H3,(H2,12,14)(H,15,16). The number of nitrogens with two attached hydrogens (primary N) is 1. The topological polar surface area (TPSA) is 80.9 Å². The molecule has 1 saturated carbocycles. The van der Waals surface area contributed by atoms with Gasteiger partial charge < -0.3 is 11.1 Å². The largest absolute Gasteiger partial charge is 0.382 e. The van der Waals surface area contributed by atoms with Crippen molar-refractivity contribution in [1.82, 2.24) is 15.3 Å². The number of carbonyl (C=O) groups excluding carboxylic acids is 1. The molecule has 0 atom stereocenters. The minimum Gasteiger partial charge on any atom is -0.382 e. The van der Waals surface area contributed by atoms with Crippen LogP contribution in [0.5, 0.6) is 0 Å². The van der Waals surface area contributed by atoms with Crippen LogP contribution in [-0.4, -0.2) is 33.4 Å². The zero-order valence-corrected chi connectivity index (χ0v) is 10.6. The van der Waals surface area contributed by atoms with Crippen molar-refractivity contribution in [1.29, 1.82) is 0 Å². The Balaban J connectivity index is 1.91. The Morgan fingerprint density at radius 3 is 2.76 bits per heavy atom. The molecule has 0 aromatic carbocycles. The number of nitrogens with zero attached hydrogens (tertiary/aromatic N) is 2. The van der Waals surface area contributed by atoms with Crippen molar-refractivity contribution >= 4 is 23.5 Å². The molecular weight excluding hydrogens is 236 g/mol. The fraction of sp³-hybridized carbons (Fsp3) is 0.545. The van der Waals surface area contributed by atoms with Crippen LogP contribution in [-0.2, 0) is 0 Å². The normalized spacial score (nSPS) is 17.2. The number of nitrogens with one attached hydrogen (secondary N) is 1. The molecule has 1 aromatic rings. The maximum absolute atomic E-state index is 11.8. The van der Waals surface area contributed by atoms with Crippen LogP contribution in [0.25, 0.3) is 0 Å². The highest BCUT2D eigenvalue weighted by Gasteiger charge is 2.36. The lowest BCUT2D eigenvalue weighted by atomic mass is 9.84. The third kappa shape index (κ3) is 2.69. The summed E-state index contributed by atoms with van der Waals surface area (Å²) in [6.45, 7) is 0.694. The number of thioether (sulfide) groups is 1. The average Bonchev–Trinajstić information content (AvgIpc) is 2.29. The van der Waals surface area contributed by atoms with Crippen molar-refractivity contribution in [3.63, 3.8) is 0 Å². The van der Waals surface area contributed by atoms with E-state index < -0.39 is 0 Å². The smallest absolute Gasteiger partial charge is 0.271 e. The monoisotopic (exact) mass is 252 g/mol. The minimum atomic E-state index is -0.183. The van der Waals surface area contributed by atoms with Gasteiger partial charge in [-0.3, -0.25) is 4.79 Å². The quantitative estimate of drug-likeness (QED) is 0.838. The molecule has 0 bridgehead atoms. The van der Waals surface area contributed by atoms with Crippen LogP contribution in [0.3, 0.4) is 0 Å². The van der Waals surface area contributed by atoms with E-state index in [1.165, 1.54) is 31.7 Å². The van der Waals surface area contributed by atoms with Crippen molar-refractivity contribution in [3.05, 3.63) is 18.1 Å². The van der Waals surface area contributed by atoms with Crippen LogP contribution in [0.1, 0.15) is 29.8 Å². The molecule has 0 radical (unpaired) electrons. The fourth-order valence-electron chi connectivity index (χ4n) is 1.81. The molecule has 0 spiro atoms. The number of rotatable bonds is 4. The average molecular weight is 252 g/mol. The predicted octanol–water partition coefficient (Wildman–Crippen LogP) is 1.07. The van der Waals surface area contributed by atoms with E-state index in [1.54, 1.807) is 0 Å². The third-order valence-corrected chi connectivity index (χ3v) is 4.59. The lowest BCUT2D eigenvalue weighted by Gasteiger charge is -2.40. The third-order valence-electron chi connectivity index (χ3n) is 3.17. The highest BCUT2D eigenvalue weighted by Crippen LogP contribution is 2.42. The summed E-state index contributed by atoms with van der Waals surface area (Å²) in [6, 6.07) is 0. The second-order valence-electron chi connectivity index (χ2n) is 4.25. The van der Waals surface area contributed by atoms with E-state index in [0.29, 0.717) is 18.1 Å². The highest BCUT2D eigenvalue weighted by molar-refractivity contribution is 8.00. The molecule has 1 fully saturated rings. The maximum Gasteiger partial charge on any atom is 0.271 e. The van der Waals surface area contributed by atoms with Gasteiger partial charge in [0, 0.05) is 11.3 Å². The molecule has 1 aromatic heterocycles. The van der Waals surface area contributed by atoms with Crippen molar-refractivity contribution in [2.75, 3.05) is 18.5 Å². The first-order chi connectivity index (χ1) is 8.15. The maximum atomic E-state index is 11.8. The van der Waals surface area contributed by atoms with Gasteiger partial charge in [-0.05, 0) is 19.1 Å². The second-order valence-corrected chi connectivity index (χ2v) is 5.52. The minimum absolute atomic E-state index is 0.183. The van der Waals surface area contributed by atoms with E-state index in [9.17, 15) is 4.79 Å². The zero-order valence-electron chi connectivity index (χ0n) is 9.77. The molecule has 3 N–H and O–H groups in total. The van der Waals surface area contributed by atoms with Gasteiger partial charge in [-0.1, -0.05) is 6.42 Å². The van der Waals surface area contributed by atoms with Crippen molar-refractivity contribution in [2.45, 2.75) is 24.0 Å². The number of hydrogen-bond acceptors (Lipinski definition) is 5. The van der Waals surface area contributed by atoms with Gasteiger partial charge in [0.2, 0.25) is 0 Å². The number of amides is 1. The molecular formula is C11H16N4OS. The van der Waals surface area contributed by atoms with Gasteiger partial charge >= 0.3 is 0 Å². The SMILES string of the molecule is CSC1(CNC(=O)c2cnc(N)cn2)CCC1. The molecule has 5 nitrogen and oxygen atoms in total. The molecule has 2 rings (SSSR count). The summed E-state index contributed by atoms with van der Waals surface area (Å²) in [5.41, 5.74) is 5.73. The first-order valence-electron chi connectivity index (χ1n) is 5.56. The molecule has 0 aliphatic heterocycles. The van der Waals surface area contributed by atoms with Gasteiger partial charge in [0.15, 0.2) is 0 Å². The van der Waals surface area contributed by atoms with E-state index in [-0.39, 0.29) is 10.7 Å². The van der Waals surface area contributed by atoms with E-state index in [4.69, 9.17) is 5.73 Å². The Morgan fingerprint density at radius 1 is 1.53 bits per heavy atom. The highest BCUT2D eigenvalue weighted by atomic mass is 32.2. The number of carbonyl (C=O) groups is 1. The molecule has 1 amide bonds. The van der Waals surface area contributed by atoms with E-state index in [2.05, 4.69) is 21.5 Å². The Kier molecular flexibility index (Phi) is 3.51. The summed E-state index contributed by atoms with van der Waals surface area (Å²) < 4.78 is 0.233. The first kappa shape index (κ1) is 12.2. The van der Waals surface area contributed by atoms with Gasteiger partial charge in [-0.2, -0.15) is 11.8 Å². The summed E-state index contributed by atoms with van der Waals surface area (Å²) in [5, 5.41) is 2.91. The zero-order chi connectivity index (χ0) is 12.3. The number of hydrogen-bond donors (Lipinski definition) is 2. The fourth-order valence-corrected chi connectivity index (χ4v) is 2.72. The van der Waals surface area contributed by atoms with Crippen LogP contribution in [0.15, 0.2) is 12.4 Å². The number of nitrogen functional groups attached to an aromatic ring is 1. The molecule has 1 heterocycles. The summed E-state index contributed by atoms with van der Waals surface area (Å²) >= 11 is 1.83. The van der Waals surface area contributed by atoms with Crippen molar-refractivity contribution in [2.24, 2.45) is 0 Å². The Bertz CT molecular complexity index is 397. The lowest BCUT2D eigenvalue weighted by Crippen LogP contribution is -2.45. The van der Waals surface area contributed by atoms with Gasteiger partial charge in [0.05, 0.1) is 12.4 Å². The molecule has 0 unspecified atom stereocenters. The first-order valence-corrected chi connectivity index (χ1v) is 6.79. The Labute approximate surface area is 105 Å². The summed E-state index contributed by atoms with van der Waals surface area (Å²) in [6.07, 6.45) is 8.47. The molecule has 1 aliphatic carbocycles. The molecule has 92 valence electrons. The Morgan fingerprint density at radius 2 is 2.29 bits per heavy atom. The summed E-state index contributed by atoms with van der Waals surface area (Å²) in [7, 11) is 0. The van der Waals surface area contributed by atoms with Crippen LogP contribution < -0.4 is 11.1 Å². The molecule has 6 heteroatoms. The predicted molar refractivity (Wildman–Crippen MR) is 68.9 cm³/mol. The van der Waals surface area contributed by atoms with Crippen LogP contribution in [0.2, 0.25) is 0 Å². The molecule has 0 saturated heterocycles. The molecule has 17 heavy (non-hydrogen) atoms. The summed E-state index contributed by atoms with van der Waals surface area (Å²) in [4.78, 5) is 19.6. The van der Waals surface area contributed by atoms with E-state index in [1.807, 2.05) is 11.8 Å². The Hall–Kier alpha value is -1.30.